The Labute approximate surface area is 423 Å². The molecule has 11 nitrogen and oxygen atoms in total. The lowest BCUT2D eigenvalue weighted by molar-refractivity contribution is -0.192. The minimum Gasteiger partial charge on any atom is -0.478 e. The number of halogens is 5. The molecule has 8 rings (SSSR count). The summed E-state index contributed by atoms with van der Waals surface area (Å²) in [7, 11) is 0. The topological polar surface area (TPSA) is 137 Å². The van der Waals surface area contributed by atoms with Gasteiger partial charge in [0.2, 0.25) is 5.88 Å². The number of aromatic nitrogens is 2. The van der Waals surface area contributed by atoms with Gasteiger partial charge < -0.3 is 25.4 Å². The van der Waals surface area contributed by atoms with Crippen LogP contribution in [0.15, 0.2) is 157 Å². The number of fused-ring (bicyclic) bond motifs is 1. The molecule has 1 atom stereocenters. The van der Waals surface area contributed by atoms with E-state index in [1.165, 1.54) is 61.7 Å². The summed E-state index contributed by atoms with van der Waals surface area (Å²) in [5, 5.41) is 13.8. The Morgan fingerprint density at radius 3 is 2.14 bits per heavy atom. The molecule has 0 spiro atoms. The minimum atomic E-state index is -5.08. The number of hydrogen-bond acceptors (Lipinski definition) is 10. The number of aliphatic carboxylic acids is 1. The normalized spacial score (nSPS) is 16.2. The Morgan fingerprint density at radius 2 is 1.49 bits per heavy atom. The molecule has 1 unspecified atom stereocenters. The summed E-state index contributed by atoms with van der Waals surface area (Å²) in [4.78, 5) is 47.4. The van der Waals surface area contributed by atoms with Crippen molar-refractivity contribution in [3.63, 3.8) is 0 Å². The standard InChI is InChI=1S/C29H33N3O.C24H21F2N3O2.C2HF3O2.C2H6/c1-22-19-27(21-28(30-22)24-13-11-12-14-24)32(26-17-9-4-3-5-10-18-26)29(20-23(2)33)31-25-15-7-6-8-16-25;1-3-31-24-21-13-20(30)14-23(28-18-8-4-6-16(25)11-18)29(22(21)10-15(2)27-24)19-9-5-7-17(26)12-19;3-2(4,5)1(6)7;1-2/h3-10,15-17,19-21,24,26,31H,11-14,18H2,1-2H3;4-12,14,28H,3,13H2,1-2H3;(H,6,7);1-2H3/b4-3-,10-5-,17-9?,29-20-;;;. The van der Waals surface area contributed by atoms with Gasteiger partial charge in [0, 0.05) is 64.2 Å². The molecule has 3 N–H and O–H groups in total. The van der Waals surface area contributed by atoms with Crippen LogP contribution in [0.5, 0.6) is 5.88 Å². The first-order chi connectivity index (χ1) is 35.0. The molecule has 384 valence electrons. The van der Waals surface area contributed by atoms with Crippen LogP contribution in [0.1, 0.15) is 88.4 Å². The molecular weight excluding hydrogens is 944 g/mol. The van der Waals surface area contributed by atoms with Crippen LogP contribution in [0.25, 0.3) is 0 Å². The highest BCUT2D eigenvalue weighted by Gasteiger charge is 2.38. The lowest BCUT2D eigenvalue weighted by Crippen LogP contribution is -2.37. The fourth-order valence-corrected chi connectivity index (χ4v) is 8.22. The van der Waals surface area contributed by atoms with Gasteiger partial charge in [-0.2, -0.15) is 13.2 Å². The fourth-order valence-electron chi connectivity index (χ4n) is 8.22. The minimum absolute atomic E-state index is 0.00508. The van der Waals surface area contributed by atoms with Crippen molar-refractivity contribution in [2.45, 2.75) is 98.2 Å². The quantitative estimate of drug-likeness (QED) is 0.0814. The van der Waals surface area contributed by atoms with Gasteiger partial charge in [0.25, 0.3) is 0 Å². The second kappa shape index (κ2) is 27.1. The van der Waals surface area contributed by atoms with Gasteiger partial charge in [-0.1, -0.05) is 93.5 Å². The van der Waals surface area contributed by atoms with Crippen LogP contribution in [0.4, 0.5) is 50.4 Å². The van der Waals surface area contributed by atoms with E-state index in [0.29, 0.717) is 52.5 Å². The number of ether oxygens (including phenoxy) is 1. The predicted molar refractivity (Wildman–Crippen MR) is 278 cm³/mol. The van der Waals surface area contributed by atoms with Gasteiger partial charge >= 0.3 is 12.1 Å². The van der Waals surface area contributed by atoms with Crippen molar-refractivity contribution in [2.75, 3.05) is 27.0 Å². The largest absolute Gasteiger partial charge is 0.490 e. The number of benzene rings is 3. The van der Waals surface area contributed by atoms with Crippen LogP contribution in [-0.2, 0) is 20.8 Å². The summed E-state index contributed by atoms with van der Waals surface area (Å²) >= 11 is 0. The second-order valence-electron chi connectivity index (χ2n) is 16.8. The summed E-state index contributed by atoms with van der Waals surface area (Å²) in [5.41, 5.74) is 7.07. The maximum atomic E-state index is 14.1. The first-order valence-electron chi connectivity index (χ1n) is 24.1. The molecule has 1 saturated carbocycles. The number of nitrogens with zero attached hydrogens (tertiary/aromatic N) is 4. The number of anilines is 5. The molecule has 73 heavy (non-hydrogen) atoms. The number of rotatable bonds is 12. The Bertz CT molecular complexity index is 2840. The number of nitrogens with one attached hydrogen (secondary N) is 2. The maximum absolute atomic E-state index is 14.1. The number of carbonyl (C=O) groups is 3. The van der Waals surface area contributed by atoms with Gasteiger partial charge in [0.1, 0.15) is 23.3 Å². The third kappa shape index (κ3) is 16.6. The van der Waals surface area contributed by atoms with E-state index in [0.717, 1.165) is 29.3 Å². The molecule has 3 aliphatic rings. The van der Waals surface area contributed by atoms with Crippen molar-refractivity contribution in [3.05, 3.63) is 192 Å². The van der Waals surface area contributed by atoms with Gasteiger partial charge in [0.15, 0.2) is 11.6 Å². The molecule has 1 fully saturated rings. The van der Waals surface area contributed by atoms with Crippen molar-refractivity contribution in [1.82, 2.24) is 9.97 Å². The number of alkyl halides is 3. The van der Waals surface area contributed by atoms with E-state index in [1.807, 2.05) is 76.2 Å². The molecule has 2 aromatic heterocycles. The van der Waals surface area contributed by atoms with Crippen LogP contribution in [-0.4, -0.2) is 51.4 Å². The zero-order valence-electron chi connectivity index (χ0n) is 41.7. The maximum Gasteiger partial charge on any atom is 0.490 e. The van der Waals surface area contributed by atoms with E-state index >= 15 is 0 Å². The number of carboxylic acid groups (broad SMARTS) is 1. The molecule has 3 aromatic carbocycles. The number of carboxylic acids is 1. The zero-order chi connectivity index (χ0) is 53.1. The smallest absolute Gasteiger partial charge is 0.478 e. The summed E-state index contributed by atoms with van der Waals surface area (Å²) in [6.45, 7) is 11.7. The van der Waals surface area contributed by atoms with E-state index in [2.05, 4.69) is 63.9 Å². The second-order valence-corrected chi connectivity index (χ2v) is 16.8. The van der Waals surface area contributed by atoms with Crippen LogP contribution >= 0.6 is 0 Å². The predicted octanol–water partition coefficient (Wildman–Crippen LogP) is 13.8. The number of carbonyl (C=O) groups excluding carboxylic acids is 2. The molecule has 3 heterocycles. The summed E-state index contributed by atoms with van der Waals surface area (Å²) in [6, 6.07) is 28.2. The number of hydrogen-bond donors (Lipinski definition) is 3. The Hall–Kier alpha value is -7.88. The molecule has 0 amide bonds. The van der Waals surface area contributed by atoms with Crippen LogP contribution < -0.4 is 25.2 Å². The summed E-state index contributed by atoms with van der Waals surface area (Å²) < 4.78 is 65.4. The average Bonchev–Trinajstić information content (AvgIpc) is 3.83. The van der Waals surface area contributed by atoms with Crippen molar-refractivity contribution in [2.24, 2.45) is 0 Å². The monoisotopic (exact) mass is 1000 g/mol. The van der Waals surface area contributed by atoms with Gasteiger partial charge in [-0.15, -0.1) is 0 Å². The van der Waals surface area contributed by atoms with Crippen molar-refractivity contribution < 1.29 is 46.2 Å². The van der Waals surface area contributed by atoms with Crippen LogP contribution in [0.2, 0.25) is 0 Å². The first kappa shape index (κ1) is 56.0. The number of pyridine rings is 2. The fraction of sp³-hybridized carbons (Fsp3) is 0.281. The molecular formula is C57H61F5N6O5. The van der Waals surface area contributed by atoms with E-state index in [9.17, 15) is 31.5 Å². The van der Waals surface area contributed by atoms with Crippen LogP contribution in [0.3, 0.4) is 0 Å². The van der Waals surface area contributed by atoms with Crippen molar-refractivity contribution in [3.8, 4) is 5.88 Å². The molecule has 5 aromatic rings. The van der Waals surface area contributed by atoms with E-state index in [4.69, 9.17) is 19.6 Å². The van der Waals surface area contributed by atoms with Gasteiger partial charge in [0.05, 0.1) is 24.0 Å². The average molecular weight is 1010 g/mol. The van der Waals surface area contributed by atoms with E-state index in [-0.39, 0.29) is 24.0 Å². The zero-order valence-corrected chi connectivity index (χ0v) is 41.7. The van der Waals surface area contributed by atoms with Crippen LogP contribution in [0, 0.1) is 25.5 Å². The molecule has 0 saturated heterocycles. The highest BCUT2D eigenvalue weighted by Crippen LogP contribution is 2.40. The summed E-state index contributed by atoms with van der Waals surface area (Å²) in [5.74, 6) is -1.76. The third-order valence-corrected chi connectivity index (χ3v) is 11.2. The lowest BCUT2D eigenvalue weighted by Gasteiger charge is -2.35. The molecule has 0 radical (unpaired) electrons. The van der Waals surface area contributed by atoms with Gasteiger partial charge in [-0.3, -0.25) is 19.5 Å². The lowest BCUT2D eigenvalue weighted by atomic mass is 10.0. The first-order valence-corrected chi connectivity index (χ1v) is 24.1. The van der Waals surface area contributed by atoms with Gasteiger partial charge in [-0.25, -0.2) is 18.6 Å². The molecule has 16 heteroatoms. The Balaban J connectivity index is 0.000000233. The van der Waals surface area contributed by atoms with Crippen molar-refractivity contribution in [1.29, 1.82) is 0 Å². The molecule has 1 aliphatic heterocycles. The molecule has 0 bridgehead atoms. The van der Waals surface area contributed by atoms with E-state index < -0.39 is 23.8 Å². The highest BCUT2D eigenvalue weighted by atomic mass is 19.4. The Morgan fingerprint density at radius 1 is 0.849 bits per heavy atom. The van der Waals surface area contributed by atoms with Gasteiger partial charge in [-0.05, 0) is 114 Å². The SMILES string of the molecule is CC.CC(=O)/C=C(/Nc1ccccc1)N(c1cc(C)nc(C2CCCC2)c1)C1C=C/C=C\C=C/C1.CCOc1nc(C)cc2c1CC(=O)C=C(Nc1cccc(F)c1)N2c1cccc(F)c1.O=C(O)C(F)(F)F. The number of para-hydroxylation sites is 1. The van der Waals surface area contributed by atoms with E-state index in [1.54, 1.807) is 42.2 Å². The Kier molecular flexibility index (Phi) is 20.8. The highest BCUT2D eigenvalue weighted by molar-refractivity contribution is 5.98. The number of ketones is 2. The summed E-state index contributed by atoms with van der Waals surface area (Å²) in [6.07, 6.45) is 16.5. The molecule has 2 aliphatic carbocycles. The number of allylic oxidation sites excluding steroid dienone is 6. The number of aryl methyl sites for hydroxylation is 2. The van der Waals surface area contributed by atoms with Crippen molar-refractivity contribution >= 4 is 46.0 Å². The third-order valence-electron chi connectivity index (χ3n) is 11.2.